The highest BCUT2D eigenvalue weighted by Gasteiger charge is 2.25. The molecule has 0 radical (unpaired) electrons. The number of fused-ring (bicyclic) bond motifs is 5. The Morgan fingerprint density at radius 1 is 0.248 bits per heavy atom. The number of pyridine rings is 5. The van der Waals surface area contributed by atoms with Crippen molar-refractivity contribution in [2.24, 2.45) is 35.2 Å². The zero-order chi connectivity index (χ0) is 75.5. The van der Waals surface area contributed by atoms with E-state index < -0.39 is 0 Å². The molecular weight excluding hydrogens is 1270 g/mol. The number of rotatable bonds is 6. The lowest BCUT2D eigenvalue weighted by molar-refractivity contribution is -0.633. The highest BCUT2D eigenvalue weighted by molar-refractivity contribution is 5.84. The van der Waals surface area contributed by atoms with E-state index in [1.807, 2.05) is 0 Å². The van der Waals surface area contributed by atoms with Gasteiger partial charge in [0.05, 0.1) is 0 Å². The van der Waals surface area contributed by atoms with Crippen molar-refractivity contribution in [3.63, 3.8) is 0 Å². The van der Waals surface area contributed by atoms with E-state index in [9.17, 15) is 0 Å². The van der Waals surface area contributed by atoms with Crippen molar-refractivity contribution in [2.75, 3.05) is 0 Å². The SMILES string of the molecule is Cc1cc(C(C)(C)C)cc(-c2ccc3ccccc3[n+]2C)c1C.Cc1cc(C(C)C)cc(-c2ccc3ccccc3[n+]2C)c1C.Cc1cc(C)c(C)c(-c2cc(C)c3ccccc3[n+]2C)c1.Cc1cc(C)c(C)c(-c2ccc3ccccc3[n+]2C)c1.Cc1ccc(C)c(-c2ccc3ccccc3[n+]2C)c1. The lowest BCUT2D eigenvalue weighted by Gasteiger charge is -2.22. The van der Waals surface area contributed by atoms with Crippen LogP contribution in [0.3, 0.4) is 0 Å². The van der Waals surface area contributed by atoms with Gasteiger partial charge in [-0.3, -0.25) is 0 Å². The van der Waals surface area contributed by atoms with Crippen LogP contribution >= 0.6 is 0 Å². The summed E-state index contributed by atoms with van der Waals surface area (Å²) in [4.78, 5) is 0. The first-order chi connectivity index (χ1) is 50.0. The Kier molecular flexibility index (Phi) is 22.8. The minimum Gasteiger partial charge on any atom is -0.194 e. The molecule has 0 atom stereocenters. The summed E-state index contributed by atoms with van der Waals surface area (Å²) in [6.07, 6.45) is 0. The number of hydrogen-bond acceptors (Lipinski definition) is 0. The zero-order valence-corrected chi connectivity index (χ0v) is 66.9. The molecule has 0 saturated heterocycles. The quantitative estimate of drug-likeness (QED) is 0.148. The molecule has 10 aromatic carbocycles. The van der Waals surface area contributed by atoms with E-state index in [0.29, 0.717) is 5.92 Å². The summed E-state index contributed by atoms with van der Waals surface area (Å²) in [6, 6.07) is 87.9. The summed E-state index contributed by atoms with van der Waals surface area (Å²) in [5, 5.41) is 6.44. The minimum atomic E-state index is 0.155. The van der Waals surface area contributed by atoms with Crippen LogP contribution in [-0.4, -0.2) is 0 Å². The van der Waals surface area contributed by atoms with Gasteiger partial charge in [-0.05, 0) is 253 Å². The van der Waals surface area contributed by atoms with Crippen molar-refractivity contribution in [3.05, 3.63) is 326 Å². The largest absolute Gasteiger partial charge is 0.213 e. The second kappa shape index (κ2) is 31.7. The zero-order valence-electron chi connectivity index (χ0n) is 66.9. The monoisotopic (exact) mass is 1380 g/mol. The number of benzene rings is 10. The third-order valence-electron chi connectivity index (χ3n) is 22.0. The first-order valence-electron chi connectivity index (χ1n) is 37.4. The van der Waals surface area contributed by atoms with Crippen LogP contribution in [0.4, 0.5) is 0 Å². The van der Waals surface area contributed by atoms with Crippen LogP contribution < -0.4 is 22.8 Å². The topological polar surface area (TPSA) is 19.4 Å². The van der Waals surface area contributed by atoms with Gasteiger partial charge in [0.15, 0.2) is 0 Å². The molecule has 15 aromatic rings. The molecule has 5 heterocycles. The molecule has 0 saturated carbocycles. The maximum Gasteiger partial charge on any atom is 0.213 e. The van der Waals surface area contributed by atoms with Crippen LogP contribution in [0, 0.1) is 90.0 Å². The molecule has 0 aliphatic rings. The number of aromatic nitrogens is 5. The molecule has 0 fully saturated rings. The number of hydrogen-bond donors (Lipinski definition) is 0. The highest BCUT2D eigenvalue weighted by Crippen LogP contribution is 2.35. The first kappa shape index (κ1) is 75.4. The summed E-state index contributed by atoms with van der Waals surface area (Å²) in [5.41, 5.74) is 39.8. The Hall–Kier alpha value is -10.8. The van der Waals surface area contributed by atoms with Crippen LogP contribution in [0.2, 0.25) is 0 Å². The van der Waals surface area contributed by atoms with Crippen LogP contribution in [0.15, 0.2) is 243 Å². The Balaban J connectivity index is 0.000000131. The standard InChI is InChI=1S/C22H26N.C21H24N.C20H22N.C19H20N.C18H18N/c1-15-13-18(22(3,4)5)14-19(16(15)2)21-12-11-17-9-7-8-10-20(17)23(21)6;1-14(2)18-12-15(3)16(4)19(13-18)21-11-10-17-8-6-7-9-20(17)22(21)5;1-13-10-14(2)16(4)18(11-13)20-12-15(3)17-8-6-7-9-19(17)21(20)5;1-13-11-14(2)15(3)17(12-13)19-10-9-16-7-5-6-8-18(16)20(19)4;1-13-8-9-14(2)16(12-13)18-11-10-15-6-4-5-7-17(15)19(18)3/h7-14H,1-6H3;6-14H,1-5H3;6-12H,1-5H3;5-12H,1-4H3;4-12H,1-3H3/q5*+1. The van der Waals surface area contributed by atoms with Crippen molar-refractivity contribution in [1.82, 2.24) is 0 Å². The van der Waals surface area contributed by atoms with Gasteiger partial charge in [0.1, 0.15) is 35.2 Å². The van der Waals surface area contributed by atoms with Crippen molar-refractivity contribution < 1.29 is 22.8 Å². The maximum absolute atomic E-state index is 2.37. The summed E-state index contributed by atoms with van der Waals surface area (Å²) >= 11 is 0. The van der Waals surface area contributed by atoms with E-state index in [0.717, 1.165) is 0 Å². The van der Waals surface area contributed by atoms with Gasteiger partial charge in [0.25, 0.3) is 0 Å². The van der Waals surface area contributed by atoms with Gasteiger partial charge in [0.2, 0.25) is 56.1 Å². The van der Waals surface area contributed by atoms with Gasteiger partial charge in [-0.25, -0.2) is 0 Å². The van der Waals surface area contributed by atoms with E-state index in [2.05, 4.69) is 425 Å². The van der Waals surface area contributed by atoms with Crippen molar-refractivity contribution >= 4 is 54.5 Å². The third kappa shape index (κ3) is 16.2. The van der Waals surface area contributed by atoms with Crippen LogP contribution in [0.1, 0.15) is 124 Å². The van der Waals surface area contributed by atoms with E-state index >= 15 is 0 Å². The Morgan fingerprint density at radius 3 is 0.981 bits per heavy atom. The first-order valence-corrected chi connectivity index (χ1v) is 37.4. The lowest BCUT2D eigenvalue weighted by atomic mass is 9.83. The number of aryl methyl sites for hydroxylation is 14. The van der Waals surface area contributed by atoms with Crippen LogP contribution in [0.25, 0.3) is 111 Å². The Labute approximate surface area is 627 Å². The second-order valence-electron chi connectivity index (χ2n) is 30.8. The molecule has 5 heteroatoms. The fourth-order valence-corrected chi connectivity index (χ4v) is 15.0. The molecule has 0 unspecified atom stereocenters. The molecule has 15 rings (SSSR count). The molecule has 0 aliphatic heterocycles. The third-order valence-corrected chi connectivity index (χ3v) is 22.0. The fraction of sp³-hybridized carbons (Fsp3) is 0.250. The Bertz CT molecular complexity index is 5780. The molecule has 0 amide bonds. The lowest BCUT2D eigenvalue weighted by Crippen LogP contribution is -2.32. The van der Waals surface area contributed by atoms with Gasteiger partial charge < -0.3 is 0 Å². The molecule has 5 nitrogen and oxygen atoms in total. The van der Waals surface area contributed by atoms with E-state index in [1.54, 1.807) is 0 Å². The highest BCUT2D eigenvalue weighted by atomic mass is 15.0. The molecule has 5 aromatic heterocycles. The summed E-state index contributed by atoms with van der Waals surface area (Å²) in [6.45, 7) is 39.9. The average Bonchev–Trinajstić information content (AvgIpc) is 0.770. The second-order valence-corrected chi connectivity index (χ2v) is 30.8. The molecule has 0 bridgehead atoms. The molecule has 0 aliphatic carbocycles. The minimum absolute atomic E-state index is 0.155. The van der Waals surface area contributed by atoms with Gasteiger partial charge in [-0.2, -0.15) is 22.8 Å². The molecular formula is C100H110N5+5. The summed E-state index contributed by atoms with van der Waals surface area (Å²) in [5.74, 6) is 0.545. The molecule has 0 N–H and O–H groups in total. The smallest absolute Gasteiger partial charge is 0.194 e. The Morgan fingerprint density at radius 2 is 0.571 bits per heavy atom. The van der Waals surface area contributed by atoms with Crippen LogP contribution in [-0.2, 0) is 40.7 Å². The predicted molar refractivity (Wildman–Crippen MR) is 447 cm³/mol. The summed E-state index contributed by atoms with van der Waals surface area (Å²) < 4.78 is 11.5. The molecule has 105 heavy (non-hydrogen) atoms. The maximum atomic E-state index is 2.37. The van der Waals surface area contributed by atoms with Crippen molar-refractivity contribution in [1.29, 1.82) is 0 Å². The van der Waals surface area contributed by atoms with E-state index in [1.165, 1.54) is 194 Å². The van der Waals surface area contributed by atoms with Gasteiger partial charge in [-0.1, -0.05) is 148 Å². The van der Waals surface area contributed by atoms with Crippen molar-refractivity contribution in [3.8, 4) is 56.3 Å². The number of nitrogens with zero attached hydrogens (tertiary/aromatic N) is 5. The van der Waals surface area contributed by atoms with E-state index in [4.69, 9.17) is 0 Å². The fourth-order valence-electron chi connectivity index (χ4n) is 15.0. The predicted octanol–water partition coefficient (Wildman–Crippen LogP) is 23.1. The summed E-state index contributed by atoms with van der Waals surface area (Å²) in [7, 11) is 10.8. The van der Waals surface area contributed by atoms with Crippen molar-refractivity contribution in [2.45, 2.75) is 136 Å². The van der Waals surface area contributed by atoms with Gasteiger partial charge in [0, 0.05) is 115 Å². The van der Waals surface area contributed by atoms with Gasteiger partial charge >= 0.3 is 0 Å². The van der Waals surface area contributed by atoms with E-state index in [-0.39, 0.29) is 5.41 Å². The molecule has 0 spiro atoms. The number of para-hydroxylation sites is 5. The normalized spacial score (nSPS) is 11.3. The molecule has 530 valence electrons. The average molecular weight is 1380 g/mol. The van der Waals surface area contributed by atoms with Gasteiger partial charge in [-0.15, -0.1) is 0 Å². The van der Waals surface area contributed by atoms with Crippen LogP contribution in [0.5, 0.6) is 0 Å².